The van der Waals surface area contributed by atoms with E-state index in [-0.39, 0.29) is 5.28 Å². The number of benzene rings is 1. The van der Waals surface area contributed by atoms with Crippen molar-refractivity contribution in [3.05, 3.63) is 46.8 Å². The zero-order valence-electron chi connectivity index (χ0n) is 10.2. The van der Waals surface area contributed by atoms with E-state index in [9.17, 15) is 0 Å². The van der Waals surface area contributed by atoms with Crippen LogP contribution in [0.25, 0.3) is 6.08 Å². The molecule has 4 nitrogen and oxygen atoms in total. The van der Waals surface area contributed by atoms with Crippen LogP contribution in [0.4, 0.5) is 11.5 Å². The molecule has 2 aromatic rings. The van der Waals surface area contributed by atoms with Crippen molar-refractivity contribution in [2.24, 2.45) is 0 Å². The first-order valence-corrected chi connectivity index (χ1v) is 6.15. The van der Waals surface area contributed by atoms with E-state index in [2.05, 4.69) is 21.9 Å². The van der Waals surface area contributed by atoms with Crippen molar-refractivity contribution >= 4 is 40.8 Å². The van der Waals surface area contributed by atoms with E-state index in [0.717, 1.165) is 11.3 Å². The summed E-state index contributed by atoms with van der Waals surface area (Å²) >= 11 is 11.8. The second-order valence-corrected chi connectivity index (χ2v) is 4.37. The molecule has 19 heavy (non-hydrogen) atoms. The van der Waals surface area contributed by atoms with E-state index in [4.69, 9.17) is 27.9 Å². The van der Waals surface area contributed by atoms with Gasteiger partial charge in [-0.1, -0.05) is 30.3 Å². The molecule has 0 atom stereocenters. The molecular formula is C13H11Cl2N3O. The molecule has 6 heteroatoms. The number of hydrogen-bond acceptors (Lipinski definition) is 4. The Hall–Kier alpha value is -1.78. The van der Waals surface area contributed by atoms with Gasteiger partial charge >= 0.3 is 0 Å². The van der Waals surface area contributed by atoms with Gasteiger partial charge in [0.25, 0.3) is 0 Å². The van der Waals surface area contributed by atoms with E-state index in [1.165, 1.54) is 6.20 Å². The van der Waals surface area contributed by atoms with Crippen LogP contribution in [0.3, 0.4) is 0 Å². The maximum absolute atomic E-state index is 6.01. The van der Waals surface area contributed by atoms with Gasteiger partial charge in [0.2, 0.25) is 5.28 Å². The van der Waals surface area contributed by atoms with Gasteiger partial charge in [-0.15, -0.1) is 0 Å². The lowest BCUT2D eigenvalue weighted by Gasteiger charge is -2.12. The summed E-state index contributed by atoms with van der Waals surface area (Å²) in [5, 5.41) is 3.55. The molecule has 1 aromatic carbocycles. The monoisotopic (exact) mass is 295 g/mol. The molecule has 0 fully saturated rings. The Morgan fingerprint density at radius 1 is 1.37 bits per heavy atom. The molecule has 0 radical (unpaired) electrons. The Kier molecular flexibility index (Phi) is 4.24. The number of rotatable bonds is 4. The summed E-state index contributed by atoms with van der Waals surface area (Å²) in [6, 6.07) is 5.60. The standard InChI is InChI=1S/C13H11Cl2N3O/c1-3-8-4-5-11(19-2)10(6-8)17-12-9(14)7-16-13(15)18-12/h3-7H,1H2,2H3,(H,16,17,18). The average molecular weight is 296 g/mol. The zero-order valence-corrected chi connectivity index (χ0v) is 11.7. The van der Waals surface area contributed by atoms with Crippen molar-refractivity contribution in [1.82, 2.24) is 9.97 Å². The Morgan fingerprint density at radius 2 is 2.16 bits per heavy atom. The molecule has 0 aliphatic rings. The van der Waals surface area contributed by atoms with Gasteiger partial charge in [0.1, 0.15) is 10.8 Å². The highest BCUT2D eigenvalue weighted by molar-refractivity contribution is 6.33. The fourth-order valence-corrected chi connectivity index (χ4v) is 1.78. The molecule has 0 saturated carbocycles. The van der Waals surface area contributed by atoms with E-state index in [1.54, 1.807) is 13.2 Å². The van der Waals surface area contributed by atoms with E-state index < -0.39 is 0 Å². The smallest absolute Gasteiger partial charge is 0.224 e. The van der Waals surface area contributed by atoms with Gasteiger partial charge in [-0.25, -0.2) is 4.98 Å². The van der Waals surface area contributed by atoms with Crippen LogP contribution in [0, 0.1) is 0 Å². The normalized spacial score (nSPS) is 10.1. The molecule has 1 aromatic heterocycles. The van der Waals surface area contributed by atoms with Crippen molar-refractivity contribution in [3.63, 3.8) is 0 Å². The fourth-order valence-electron chi connectivity index (χ4n) is 1.51. The van der Waals surface area contributed by atoms with Crippen LogP contribution in [0.15, 0.2) is 31.0 Å². The topological polar surface area (TPSA) is 47.0 Å². The highest BCUT2D eigenvalue weighted by atomic mass is 35.5. The van der Waals surface area contributed by atoms with Crippen molar-refractivity contribution in [1.29, 1.82) is 0 Å². The van der Waals surface area contributed by atoms with Crippen molar-refractivity contribution in [2.45, 2.75) is 0 Å². The van der Waals surface area contributed by atoms with Gasteiger partial charge < -0.3 is 10.1 Å². The minimum absolute atomic E-state index is 0.116. The van der Waals surface area contributed by atoms with Crippen LogP contribution in [0.1, 0.15) is 5.56 Å². The summed E-state index contributed by atoms with van der Waals surface area (Å²) in [7, 11) is 1.59. The molecule has 0 aliphatic carbocycles. The number of anilines is 2. The highest BCUT2D eigenvalue weighted by Gasteiger charge is 2.09. The quantitative estimate of drug-likeness (QED) is 0.860. The fraction of sp³-hybridized carbons (Fsp3) is 0.0769. The summed E-state index contributed by atoms with van der Waals surface area (Å²) < 4.78 is 5.27. The van der Waals surface area contributed by atoms with Crippen molar-refractivity contribution in [2.75, 3.05) is 12.4 Å². The number of methoxy groups -OCH3 is 1. The summed E-state index contributed by atoms with van der Waals surface area (Å²) in [4.78, 5) is 7.82. The minimum atomic E-state index is 0.116. The predicted molar refractivity (Wildman–Crippen MR) is 78.4 cm³/mol. The van der Waals surface area contributed by atoms with Crippen LogP contribution >= 0.6 is 23.2 Å². The van der Waals surface area contributed by atoms with Crippen LogP contribution in [0.2, 0.25) is 10.3 Å². The van der Waals surface area contributed by atoms with Gasteiger partial charge in [0.15, 0.2) is 5.82 Å². The molecule has 0 amide bonds. The summed E-state index contributed by atoms with van der Waals surface area (Å²) in [5.41, 5.74) is 1.66. The molecule has 98 valence electrons. The number of nitrogens with zero attached hydrogens (tertiary/aromatic N) is 2. The average Bonchev–Trinajstić information content (AvgIpc) is 2.42. The van der Waals surface area contributed by atoms with Gasteiger partial charge in [-0.2, -0.15) is 4.98 Å². The molecule has 0 saturated heterocycles. The van der Waals surface area contributed by atoms with E-state index in [1.807, 2.05) is 18.2 Å². The lowest BCUT2D eigenvalue weighted by molar-refractivity contribution is 0.417. The maximum Gasteiger partial charge on any atom is 0.224 e. The molecular weight excluding hydrogens is 285 g/mol. The van der Waals surface area contributed by atoms with Gasteiger partial charge in [0.05, 0.1) is 19.0 Å². The SMILES string of the molecule is C=Cc1ccc(OC)c(Nc2nc(Cl)ncc2Cl)c1. The molecule has 0 bridgehead atoms. The second kappa shape index (κ2) is 5.91. The number of nitrogens with one attached hydrogen (secondary N) is 1. The first kappa shape index (κ1) is 13.6. The lowest BCUT2D eigenvalue weighted by atomic mass is 10.2. The Labute approximate surface area is 121 Å². The third kappa shape index (κ3) is 3.16. The van der Waals surface area contributed by atoms with E-state index in [0.29, 0.717) is 16.6 Å². The van der Waals surface area contributed by atoms with Crippen molar-refractivity contribution in [3.8, 4) is 5.75 Å². The maximum atomic E-state index is 6.01. The summed E-state index contributed by atoms with van der Waals surface area (Å²) in [5.74, 6) is 1.08. The largest absolute Gasteiger partial charge is 0.495 e. The molecule has 2 rings (SSSR count). The minimum Gasteiger partial charge on any atom is -0.495 e. The highest BCUT2D eigenvalue weighted by Crippen LogP contribution is 2.31. The molecule has 0 aliphatic heterocycles. The predicted octanol–water partition coefficient (Wildman–Crippen LogP) is 4.18. The zero-order chi connectivity index (χ0) is 13.8. The second-order valence-electron chi connectivity index (χ2n) is 3.62. The van der Waals surface area contributed by atoms with Crippen molar-refractivity contribution < 1.29 is 4.74 Å². The van der Waals surface area contributed by atoms with Gasteiger partial charge in [-0.3, -0.25) is 0 Å². The van der Waals surface area contributed by atoms with Crippen LogP contribution in [-0.2, 0) is 0 Å². The van der Waals surface area contributed by atoms with Crippen LogP contribution in [-0.4, -0.2) is 17.1 Å². The summed E-state index contributed by atoms with van der Waals surface area (Å²) in [6.07, 6.45) is 3.17. The van der Waals surface area contributed by atoms with E-state index >= 15 is 0 Å². The number of ether oxygens (including phenoxy) is 1. The number of aromatic nitrogens is 2. The molecule has 1 N–H and O–H groups in total. The number of halogens is 2. The molecule has 0 spiro atoms. The summed E-state index contributed by atoms with van der Waals surface area (Å²) in [6.45, 7) is 3.72. The molecule has 1 heterocycles. The van der Waals surface area contributed by atoms with Crippen LogP contribution in [0.5, 0.6) is 5.75 Å². The Balaban J connectivity index is 2.41. The lowest BCUT2D eigenvalue weighted by Crippen LogP contribution is -1.99. The van der Waals surface area contributed by atoms with Gasteiger partial charge in [-0.05, 0) is 29.3 Å². The van der Waals surface area contributed by atoms with Gasteiger partial charge in [0, 0.05) is 0 Å². The first-order valence-electron chi connectivity index (χ1n) is 5.39. The third-order valence-electron chi connectivity index (χ3n) is 2.43. The first-order chi connectivity index (χ1) is 9.13. The third-order valence-corrected chi connectivity index (χ3v) is 2.89. The van der Waals surface area contributed by atoms with Crippen LogP contribution < -0.4 is 10.1 Å². The Morgan fingerprint density at radius 3 is 2.84 bits per heavy atom. The Bertz CT molecular complexity index is 617. The number of hydrogen-bond donors (Lipinski definition) is 1. The molecule has 0 unspecified atom stereocenters.